The van der Waals surface area contributed by atoms with Crippen LogP contribution in [0.1, 0.15) is 0 Å². The van der Waals surface area contributed by atoms with Crippen LogP contribution < -0.4 is 63.6 Å². The number of hydrogen-bond donors (Lipinski definition) is 0. The van der Waals surface area contributed by atoms with Gasteiger partial charge in [0.1, 0.15) is 0 Å². The van der Waals surface area contributed by atoms with Crippen molar-refractivity contribution in [2.45, 2.75) is 0 Å². The quantitative estimate of drug-likeness (QED) is 0.286. The zero-order valence-electron chi connectivity index (χ0n) is 7.37. The molecule has 72 valence electrons. The molecule has 0 heterocycles. The van der Waals surface area contributed by atoms with Gasteiger partial charge in [-0.1, -0.05) is 0 Å². The molecule has 0 atom stereocenters. The second kappa shape index (κ2) is 6.00. The average Bonchev–Trinajstić information content (AvgIpc) is 2.16. The Morgan fingerprint density at radius 2 is 0.917 bits per heavy atom. The van der Waals surface area contributed by atoms with E-state index in [1.54, 1.807) is 10.7 Å². The Labute approximate surface area is 106 Å². The molecule has 0 aromatic heterocycles. The Morgan fingerprint density at radius 1 is 0.667 bits per heavy atom. The molecule has 1 rings (SSSR count). The summed E-state index contributed by atoms with van der Waals surface area (Å²) in [5, 5.41) is 0. The van der Waals surface area contributed by atoms with E-state index in [4.69, 9.17) is 0 Å². The van der Waals surface area contributed by atoms with Gasteiger partial charge in [-0.15, -0.1) is 0 Å². The molecule has 0 aliphatic rings. The number of alkyl halides is 3. The Balaban J connectivity index is 3.01. The van der Waals surface area contributed by atoms with Crippen molar-refractivity contribution in [2.75, 3.05) is 14.8 Å². The Kier molecular flexibility index (Phi) is 5.74. The van der Waals surface area contributed by atoms with Gasteiger partial charge >= 0.3 is 107 Å². The summed E-state index contributed by atoms with van der Waals surface area (Å²) in [5.74, 6) is 0. The van der Waals surface area contributed by atoms with Crippen LogP contribution in [0.4, 0.5) is 0 Å². The van der Waals surface area contributed by atoms with E-state index in [1.165, 1.54) is 0 Å². The molecule has 0 nitrogen and oxygen atoms in total. The van der Waals surface area contributed by atoms with Crippen molar-refractivity contribution in [1.29, 1.82) is 0 Å². The second-order valence-electron chi connectivity index (χ2n) is 2.15. The van der Waals surface area contributed by atoms with E-state index < -0.39 is 0 Å². The van der Waals surface area contributed by atoms with Gasteiger partial charge < -0.3 is 0 Å². The van der Waals surface area contributed by atoms with Crippen LogP contribution in [-0.4, -0.2) is 14.8 Å². The molecule has 0 amide bonds. The van der Waals surface area contributed by atoms with Gasteiger partial charge in [-0.05, 0) is 0 Å². The zero-order chi connectivity index (χ0) is 8.97. The predicted octanol–water partition coefficient (Wildman–Crippen LogP) is -7.65. The minimum absolute atomic E-state index is 0.299. The molecule has 0 unspecified atom stereocenters. The number of rotatable bonds is 3. The van der Waals surface area contributed by atoms with E-state index in [2.05, 4.69) is 33.0 Å². The normalized spacial score (nSPS) is 11.2. The molecule has 3 heteroatoms. The van der Waals surface area contributed by atoms with E-state index in [0.29, 0.717) is 63.6 Å². The second-order valence-corrected chi connectivity index (χ2v) is 9.13. The summed E-state index contributed by atoms with van der Waals surface area (Å²) in [5.41, 5.74) is 0. The van der Waals surface area contributed by atoms with Crippen molar-refractivity contribution in [3.8, 4) is 0 Å². The van der Waals surface area contributed by atoms with E-state index in [0.717, 1.165) is 0 Å². The molecule has 0 bridgehead atoms. The number of benzene rings is 1. The van der Waals surface area contributed by atoms with Crippen LogP contribution in [0.2, 0.25) is 0 Å². The Bertz CT molecular complexity index is 203. The molecule has 0 fully saturated rings. The first-order valence-corrected chi connectivity index (χ1v) is 13.1. The van der Waals surface area contributed by atoms with Gasteiger partial charge in [0.05, 0.1) is 0 Å². The predicted molar refractivity (Wildman–Crippen MR) is 40.3 cm³/mol. The van der Waals surface area contributed by atoms with Crippen molar-refractivity contribution in [1.82, 2.24) is 0 Å². The van der Waals surface area contributed by atoms with Crippen LogP contribution in [0.15, 0.2) is 18.2 Å². The van der Waals surface area contributed by atoms with Gasteiger partial charge in [-0.3, -0.25) is 0 Å². The molecule has 1 aromatic rings. The summed E-state index contributed by atoms with van der Waals surface area (Å²) in [7, 11) is 0. The molecule has 0 N–H and O–H groups in total. The molecular formula is C9H12I3-3. The first-order chi connectivity index (χ1) is 5.80. The van der Waals surface area contributed by atoms with Crippen LogP contribution >= 0.6 is 0 Å². The summed E-state index contributed by atoms with van der Waals surface area (Å²) in [6.45, 7) is 0. The Hall–Kier alpha value is 1.41. The third kappa shape index (κ3) is 3.28. The van der Waals surface area contributed by atoms with Gasteiger partial charge in [0.2, 0.25) is 0 Å². The molecule has 0 aliphatic carbocycles. The van der Waals surface area contributed by atoms with Crippen molar-refractivity contribution in [2.24, 2.45) is 0 Å². The van der Waals surface area contributed by atoms with Crippen LogP contribution in [0, 0.1) is 10.7 Å². The number of halogens is 3. The Morgan fingerprint density at radius 3 is 1.08 bits per heavy atom. The minimum atomic E-state index is 0.299. The monoisotopic (exact) mass is 501 g/mol. The van der Waals surface area contributed by atoms with Gasteiger partial charge in [-0.25, -0.2) is 0 Å². The molecule has 1 aromatic carbocycles. The maximum absolute atomic E-state index is 2.43. The molecule has 0 saturated heterocycles. The van der Waals surface area contributed by atoms with Crippen LogP contribution in [-0.2, 0) is 0 Å². The van der Waals surface area contributed by atoms with Crippen molar-refractivity contribution >= 4 is 0 Å². The average molecular weight is 501 g/mol. The fraction of sp³-hybridized carbons (Fsp3) is 0.333. The summed E-state index contributed by atoms with van der Waals surface area (Å²) >= 11 is 0.896. The molecule has 0 saturated carbocycles. The van der Waals surface area contributed by atoms with Crippen LogP contribution in [0.5, 0.6) is 0 Å². The molecule has 0 aliphatic heterocycles. The zero-order valence-corrected chi connectivity index (χ0v) is 13.8. The summed E-state index contributed by atoms with van der Waals surface area (Å²) in [6.07, 6.45) is 0. The van der Waals surface area contributed by atoms with E-state index in [1.807, 2.05) is 0 Å². The molecular weight excluding hydrogens is 489 g/mol. The SMILES string of the molecule is C[I-]c1cc([I-]C)cc([I-]C)c1. The third-order valence-electron chi connectivity index (χ3n) is 1.48. The van der Waals surface area contributed by atoms with Gasteiger partial charge in [0.25, 0.3) is 0 Å². The summed E-state index contributed by atoms with van der Waals surface area (Å²) < 4.78 is 4.93. The fourth-order valence-electron chi connectivity index (χ4n) is 0.848. The summed E-state index contributed by atoms with van der Waals surface area (Å²) in [4.78, 5) is 7.05. The van der Waals surface area contributed by atoms with E-state index in [-0.39, 0.29) is 0 Å². The molecule has 0 spiro atoms. The van der Waals surface area contributed by atoms with Gasteiger partial charge in [-0.2, -0.15) is 0 Å². The van der Waals surface area contributed by atoms with E-state index in [9.17, 15) is 0 Å². The van der Waals surface area contributed by atoms with Crippen molar-refractivity contribution < 1.29 is 63.6 Å². The van der Waals surface area contributed by atoms with Crippen molar-refractivity contribution in [3.05, 3.63) is 28.9 Å². The topological polar surface area (TPSA) is 0 Å². The van der Waals surface area contributed by atoms with Crippen molar-refractivity contribution in [3.63, 3.8) is 0 Å². The third-order valence-corrected chi connectivity index (χ3v) is 7.09. The van der Waals surface area contributed by atoms with Gasteiger partial charge in [0.15, 0.2) is 0 Å². The van der Waals surface area contributed by atoms with Gasteiger partial charge in [0, 0.05) is 0 Å². The molecule has 0 radical (unpaired) electrons. The number of hydrogen-bond acceptors (Lipinski definition) is 0. The maximum atomic E-state index is 2.43. The fourth-order valence-corrected chi connectivity index (χ4v) is 6.52. The summed E-state index contributed by atoms with van der Waals surface area (Å²) in [6, 6.07) is 7.30. The van der Waals surface area contributed by atoms with E-state index >= 15 is 0 Å². The molecule has 12 heavy (non-hydrogen) atoms. The standard InChI is InChI=1S/C9H12I3/c1-10-7-4-8(11-2)6-9(5-7)12-3/h4-6H,1-3H3/q-3. The van der Waals surface area contributed by atoms with Crippen LogP contribution in [0.25, 0.3) is 0 Å². The van der Waals surface area contributed by atoms with Crippen LogP contribution in [0.3, 0.4) is 0 Å². The first-order valence-electron chi connectivity index (χ1n) is 3.43. The first kappa shape index (κ1) is 11.5.